The van der Waals surface area contributed by atoms with E-state index in [-0.39, 0.29) is 17.2 Å². The summed E-state index contributed by atoms with van der Waals surface area (Å²) in [4.78, 5) is 12.4. The van der Waals surface area contributed by atoms with Gasteiger partial charge >= 0.3 is 0 Å². The van der Waals surface area contributed by atoms with E-state index >= 15 is 0 Å². The molecule has 170 valence electrons. The van der Waals surface area contributed by atoms with Crippen LogP contribution >= 0.6 is 11.8 Å². The van der Waals surface area contributed by atoms with Gasteiger partial charge in [0.05, 0.1) is 37.2 Å². The van der Waals surface area contributed by atoms with Crippen LogP contribution in [0.15, 0.2) is 45.9 Å². The molecule has 8 nitrogen and oxygen atoms in total. The Morgan fingerprint density at radius 3 is 2.77 bits per heavy atom. The van der Waals surface area contributed by atoms with E-state index in [0.717, 1.165) is 17.3 Å². The van der Waals surface area contributed by atoms with Gasteiger partial charge in [-0.1, -0.05) is 0 Å². The lowest BCUT2D eigenvalue weighted by molar-refractivity contribution is -0.120. The van der Waals surface area contributed by atoms with Gasteiger partial charge in [-0.3, -0.25) is 4.79 Å². The summed E-state index contributed by atoms with van der Waals surface area (Å²) in [5.74, 6) is 2.95. The fraction of sp³-hybridized carbons (Fsp3) is 0.476. The first-order chi connectivity index (χ1) is 15.0. The van der Waals surface area contributed by atoms with Crippen LogP contribution in [0.3, 0.4) is 0 Å². The van der Waals surface area contributed by atoms with Crippen molar-refractivity contribution in [2.24, 2.45) is 0 Å². The highest BCUT2D eigenvalue weighted by Crippen LogP contribution is 2.26. The highest BCUT2D eigenvalue weighted by atomic mass is 32.2. The molecule has 1 aromatic heterocycles. The highest BCUT2D eigenvalue weighted by Gasteiger charge is 2.27. The van der Waals surface area contributed by atoms with E-state index in [1.165, 1.54) is 11.4 Å². The third-order valence-corrected chi connectivity index (χ3v) is 7.75. The molecule has 2 heterocycles. The van der Waals surface area contributed by atoms with E-state index in [2.05, 4.69) is 5.32 Å². The minimum atomic E-state index is -3.60. The van der Waals surface area contributed by atoms with Gasteiger partial charge in [-0.05, 0) is 42.3 Å². The number of methoxy groups -OCH3 is 1. The van der Waals surface area contributed by atoms with Crippen molar-refractivity contribution >= 4 is 27.7 Å². The van der Waals surface area contributed by atoms with Crippen molar-refractivity contribution in [3.8, 4) is 5.75 Å². The van der Waals surface area contributed by atoms with Crippen LogP contribution in [-0.2, 0) is 31.7 Å². The molecule has 0 bridgehead atoms. The highest BCUT2D eigenvalue weighted by molar-refractivity contribution is 7.98. The van der Waals surface area contributed by atoms with Gasteiger partial charge < -0.3 is 19.2 Å². The number of rotatable bonds is 11. The summed E-state index contributed by atoms with van der Waals surface area (Å²) in [5, 5.41) is 2.90. The molecule has 0 atom stereocenters. The summed E-state index contributed by atoms with van der Waals surface area (Å²) < 4.78 is 43.1. The number of sulfonamides is 1. The summed E-state index contributed by atoms with van der Waals surface area (Å²) in [6.07, 6.45) is 2.29. The Hall–Kier alpha value is -2.01. The van der Waals surface area contributed by atoms with Crippen LogP contribution in [0.1, 0.15) is 17.7 Å². The number of furan rings is 1. The van der Waals surface area contributed by atoms with Crippen LogP contribution in [0.5, 0.6) is 5.75 Å². The lowest BCUT2D eigenvalue weighted by atomic mass is 10.1. The maximum absolute atomic E-state index is 12.9. The average Bonchev–Trinajstić information content (AvgIpc) is 3.31. The number of nitrogens with one attached hydrogen (secondary N) is 1. The Balaban J connectivity index is 1.51. The quantitative estimate of drug-likeness (QED) is 0.505. The first kappa shape index (κ1) is 23.6. The molecule has 0 unspecified atom stereocenters. The average molecular weight is 469 g/mol. The lowest BCUT2D eigenvalue weighted by Gasteiger charge is -2.26. The first-order valence-electron chi connectivity index (χ1n) is 10.1. The topological polar surface area (TPSA) is 98.1 Å². The zero-order chi connectivity index (χ0) is 22.1. The number of nitrogens with zero attached hydrogens (tertiary/aromatic N) is 1. The second kappa shape index (κ2) is 11.6. The van der Waals surface area contributed by atoms with Crippen LogP contribution in [0, 0.1) is 0 Å². The molecule has 0 aliphatic carbocycles. The van der Waals surface area contributed by atoms with E-state index in [1.54, 1.807) is 36.2 Å². The minimum absolute atomic E-state index is 0.0814. The summed E-state index contributed by atoms with van der Waals surface area (Å²) in [6.45, 7) is 2.02. The van der Waals surface area contributed by atoms with E-state index in [9.17, 15) is 13.2 Å². The predicted molar refractivity (Wildman–Crippen MR) is 119 cm³/mol. The van der Waals surface area contributed by atoms with Crippen molar-refractivity contribution in [1.82, 2.24) is 9.62 Å². The molecule has 3 rings (SSSR count). The van der Waals surface area contributed by atoms with Gasteiger partial charge in [0.1, 0.15) is 11.5 Å². The normalized spacial score (nSPS) is 15.0. The zero-order valence-electron chi connectivity index (χ0n) is 17.5. The first-order valence-corrected chi connectivity index (χ1v) is 12.7. The molecule has 1 aliphatic heterocycles. The molecule has 1 amide bonds. The minimum Gasteiger partial charge on any atom is -0.496 e. The monoisotopic (exact) mass is 468 g/mol. The van der Waals surface area contributed by atoms with Crippen LogP contribution in [-0.4, -0.2) is 64.3 Å². The molecule has 1 fully saturated rings. The standard InChI is InChI=1S/C21H28N2O6S2/c1-27-20-6-5-19(31(25,26)23-9-12-28-13-10-23)15-17(20)4-7-21(24)22-8-14-30-16-18-3-2-11-29-18/h2-3,5-6,11,15H,4,7-10,12-14,16H2,1H3,(H,22,24). The molecule has 31 heavy (non-hydrogen) atoms. The Labute approximate surface area is 187 Å². The summed E-state index contributed by atoms with van der Waals surface area (Å²) in [5.41, 5.74) is 0.694. The van der Waals surface area contributed by atoms with Crippen LogP contribution in [0.25, 0.3) is 0 Å². The number of morpholine rings is 1. The fourth-order valence-electron chi connectivity index (χ4n) is 3.21. The van der Waals surface area contributed by atoms with Crippen molar-refractivity contribution in [1.29, 1.82) is 0 Å². The fourth-order valence-corrected chi connectivity index (χ4v) is 5.43. The van der Waals surface area contributed by atoms with Crippen molar-refractivity contribution in [3.05, 3.63) is 47.9 Å². The number of ether oxygens (including phenoxy) is 2. The van der Waals surface area contributed by atoms with Crippen LogP contribution in [0.4, 0.5) is 0 Å². The number of hydrogen-bond acceptors (Lipinski definition) is 7. The van der Waals surface area contributed by atoms with E-state index in [4.69, 9.17) is 13.9 Å². The van der Waals surface area contributed by atoms with Crippen molar-refractivity contribution in [3.63, 3.8) is 0 Å². The Kier molecular flexibility index (Phi) is 8.82. The number of carbonyl (C=O) groups excluding carboxylic acids is 1. The van der Waals surface area contributed by atoms with Crippen LogP contribution in [0.2, 0.25) is 0 Å². The maximum atomic E-state index is 12.9. The molecule has 0 spiro atoms. The largest absolute Gasteiger partial charge is 0.496 e. The molecular formula is C21H28N2O6S2. The van der Waals surface area contributed by atoms with Crippen molar-refractivity contribution in [2.75, 3.05) is 45.7 Å². The van der Waals surface area contributed by atoms with Gasteiger partial charge in [0.2, 0.25) is 15.9 Å². The maximum Gasteiger partial charge on any atom is 0.243 e. The Morgan fingerprint density at radius 2 is 2.06 bits per heavy atom. The summed E-state index contributed by atoms with van der Waals surface area (Å²) in [7, 11) is -2.07. The number of carbonyl (C=O) groups is 1. The molecular weight excluding hydrogens is 440 g/mol. The molecule has 0 saturated carbocycles. The molecule has 1 aromatic carbocycles. The molecule has 1 aliphatic rings. The second-order valence-electron chi connectivity index (χ2n) is 6.97. The van der Waals surface area contributed by atoms with Crippen molar-refractivity contribution in [2.45, 2.75) is 23.5 Å². The Morgan fingerprint density at radius 1 is 1.26 bits per heavy atom. The lowest BCUT2D eigenvalue weighted by Crippen LogP contribution is -2.40. The number of aryl methyl sites for hydroxylation is 1. The third kappa shape index (κ3) is 6.73. The molecule has 1 N–H and O–H groups in total. The number of amides is 1. The molecule has 1 saturated heterocycles. The van der Waals surface area contributed by atoms with Gasteiger partial charge in [-0.2, -0.15) is 16.1 Å². The van der Waals surface area contributed by atoms with Gasteiger partial charge in [0.25, 0.3) is 0 Å². The van der Waals surface area contributed by atoms with E-state index < -0.39 is 10.0 Å². The molecule has 2 aromatic rings. The third-order valence-electron chi connectivity index (χ3n) is 4.87. The predicted octanol–water partition coefficient (Wildman–Crippen LogP) is 2.29. The SMILES string of the molecule is COc1ccc(S(=O)(=O)N2CCOCC2)cc1CCC(=O)NCCSCc1ccco1. The smallest absolute Gasteiger partial charge is 0.243 e. The zero-order valence-corrected chi connectivity index (χ0v) is 19.2. The van der Waals surface area contributed by atoms with Gasteiger partial charge in [-0.15, -0.1) is 0 Å². The van der Waals surface area contributed by atoms with E-state index in [0.29, 0.717) is 50.6 Å². The Bertz CT molecular complexity index is 941. The number of benzene rings is 1. The second-order valence-corrected chi connectivity index (χ2v) is 10.0. The van der Waals surface area contributed by atoms with Gasteiger partial charge in [-0.25, -0.2) is 8.42 Å². The summed E-state index contributed by atoms with van der Waals surface area (Å²) >= 11 is 1.68. The summed E-state index contributed by atoms with van der Waals surface area (Å²) in [6, 6.07) is 8.57. The number of hydrogen-bond donors (Lipinski definition) is 1. The molecule has 0 radical (unpaired) electrons. The van der Waals surface area contributed by atoms with Crippen molar-refractivity contribution < 1.29 is 27.1 Å². The van der Waals surface area contributed by atoms with Gasteiger partial charge in [0, 0.05) is 31.8 Å². The van der Waals surface area contributed by atoms with Crippen LogP contribution < -0.4 is 10.1 Å². The van der Waals surface area contributed by atoms with E-state index in [1.807, 2.05) is 12.1 Å². The number of thioether (sulfide) groups is 1. The molecule has 10 heteroatoms. The van der Waals surface area contributed by atoms with Gasteiger partial charge in [0.15, 0.2) is 0 Å².